The van der Waals surface area contributed by atoms with Gasteiger partial charge in [0.1, 0.15) is 5.82 Å². The van der Waals surface area contributed by atoms with Gasteiger partial charge in [-0.2, -0.15) is 0 Å². The lowest BCUT2D eigenvalue weighted by atomic mass is 10.1. The van der Waals surface area contributed by atoms with E-state index in [4.69, 9.17) is 11.6 Å². The Balaban J connectivity index is 1.62. The van der Waals surface area contributed by atoms with Crippen LogP contribution in [0.15, 0.2) is 66.9 Å². The maximum Gasteiger partial charge on any atom is 0.255 e. The molecule has 0 spiro atoms. The molecule has 6 nitrogen and oxygen atoms in total. The number of rotatable bonds is 6. The summed E-state index contributed by atoms with van der Waals surface area (Å²) in [7, 11) is 0. The van der Waals surface area contributed by atoms with Gasteiger partial charge in [-0.05, 0) is 48.9 Å². The maximum absolute atomic E-state index is 12.4. The number of halogens is 1. The van der Waals surface area contributed by atoms with E-state index in [1.807, 2.05) is 43.3 Å². The van der Waals surface area contributed by atoms with Gasteiger partial charge in [-0.3, -0.25) is 9.59 Å². The number of benzene rings is 2. The van der Waals surface area contributed by atoms with Crippen molar-refractivity contribution < 1.29 is 9.59 Å². The van der Waals surface area contributed by atoms with Crippen LogP contribution in [0.25, 0.3) is 0 Å². The zero-order valence-corrected chi connectivity index (χ0v) is 16.0. The third kappa shape index (κ3) is 5.31. The fraction of sp³-hybridized carbons (Fsp3) is 0.0952. The molecule has 2 aromatic carbocycles. The smallest absolute Gasteiger partial charge is 0.255 e. The minimum absolute atomic E-state index is 0.0366. The van der Waals surface area contributed by atoms with Crippen molar-refractivity contribution in [2.75, 3.05) is 22.5 Å². The molecule has 0 aliphatic carbocycles. The van der Waals surface area contributed by atoms with Crippen LogP contribution in [-0.2, 0) is 4.79 Å². The predicted octanol–water partition coefficient (Wildman–Crippen LogP) is 4.35. The van der Waals surface area contributed by atoms with Crippen molar-refractivity contribution >= 4 is 40.6 Å². The van der Waals surface area contributed by atoms with Crippen LogP contribution in [0.3, 0.4) is 0 Å². The van der Waals surface area contributed by atoms with Crippen molar-refractivity contribution in [1.29, 1.82) is 0 Å². The second-order valence-corrected chi connectivity index (χ2v) is 6.55. The number of amides is 2. The number of anilines is 3. The molecule has 0 saturated carbocycles. The van der Waals surface area contributed by atoms with Crippen LogP contribution in [-0.4, -0.2) is 23.3 Å². The molecule has 0 saturated heterocycles. The van der Waals surface area contributed by atoms with Gasteiger partial charge in [0.2, 0.25) is 5.91 Å². The number of nitrogens with zero attached hydrogens (tertiary/aromatic N) is 1. The average molecular weight is 395 g/mol. The zero-order valence-electron chi connectivity index (χ0n) is 15.2. The summed E-state index contributed by atoms with van der Waals surface area (Å²) < 4.78 is 0. The lowest BCUT2D eigenvalue weighted by Crippen LogP contribution is -2.22. The monoisotopic (exact) mass is 394 g/mol. The number of aryl methyl sites for hydroxylation is 1. The maximum atomic E-state index is 12.4. The zero-order chi connectivity index (χ0) is 19.9. The number of carbonyl (C=O) groups is 2. The van der Waals surface area contributed by atoms with Crippen molar-refractivity contribution in [1.82, 2.24) is 4.98 Å². The number of hydrogen-bond acceptors (Lipinski definition) is 4. The van der Waals surface area contributed by atoms with E-state index in [1.54, 1.807) is 24.3 Å². The molecule has 1 aromatic heterocycles. The number of carbonyl (C=O) groups excluding carboxylic acids is 2. The third-order valence-electron chi connectivity index (χ3n) is 3.97. The highest BCUT2D eigenvalue weighted by Gasteiger charge is 2.10. The van der Waals surface area contributed by atoms with Crippen LogP contribution < -0.4 is 16.0 Å². The topological polar surface area (TPSA) is 83.1 Å². The average Bonchev–Trinajstić information content (AvgIpc) is 2.70. The van der Waals surface area contributed by atoms with Gasteiger partial charge in [-0.15, -0.1) is 0 Å². The quantitative estimate of drug-likeness (QED) is 0.580. The van der Waals surface area contributed by atoms with Crippen molar-refractivity contribution in [3.05, 3.63) is 83.0 Å². The van der Waals surface area contributed by atoms with E-state index in [0.717, 1.165) is 11.3 Å². The molecule has 0 bridgehead atoms. The summed E-state index contributed by atoms with van der Waals surface area (Å²) in [5.41, 5.74) is 2.85. The van der Waals surface area contributed by atoms with Crippen molar-refractivity contribution in [2.45, 2.75) is 6.92 Å². The number of para-hydroxylation sites is 1. The Labute approximate surface area is 168 Å². The Hall–Kier alpha value is -3.38. The van der Waals surface area contributed by atoms with Gasteiger partial charge in [-0.25, -0.2) is 4.98 Å². The molecule has 0 radical (unpaired) electrons. The molecule has 0 aliphatic rings. The van der Waals surface area contributed by atoms with E-state index in [9.17, 15) is 9.59 Å². The van der Waals surface area contributed by atoms with E-state index in [-0.39, 0.29) is 18.4 Å². The lowest BCUT2D eigenvalue weighted by Gasteiger charge is -2.12. The van der Waals surface area contributed by atoms with E-state index >= 15 is 0 Å². The van der Waals surface area contributed by atoms with Gasteiger partial charge < -0.3 is 16.0 Å². The number of pyridine rings is 1. The molecule has 0 atom stereocenters. The van der Waals surface area contributed by atoms with Crippen molar-refractivity contribution in [3.63, 3.8) is 0 Å². The fourth-order valence-corrected chi connectivity index (χ4v) is 2.60. The summed E-state index contributed by atoms with van der Waals surface area (Å²) in [5, 5.41) is 9.08. The fourth-order valence-electron chi connectivity index (χ4n) is 2.49. The molecule has 28 heavy (non-hydrogen) atoms. The summed E-state index contributed by atoms with van der Waals surface area (Å²) in [6.45, 7) is 1.94. The van der Waals surface area contributed by atoms with E-state index < -0.39 is 0 Å². The summed E-state index contributed by atoms with van der Waals surface area (Å²) >= 11 is 5.78. The number of nitrogens with one attached hydrogen (secondary N) is 3. The van der Waals surface area contributed by atoms with Crippen molar-refractivity contribution in [2.24, 2.45) is 0 Å². The molecule has 1 heterocycles. The minimum atomic E-state index is -0.256. The SMILES string of the molecule is Cc1ccc(C(=O)Nc2ccccc2)cc1NCC(=O)Nc1ccc(Cl)cn1. The molecule has 3 rings (SSSR count). The normalized spacial score (nSPS) is 10.2. The highest BCUT2D eigenvalue weighted by Crippen LogP contribution is 2.18. The first-order chi connectivity index (χ1) is 13.5. The number of hydrogen-bond donors (Lipinski definition) is 3. The molecular weight excluding hydrogens is 376 g/mol. The summed E-state index contributed by atoms with van der Waals surface area (Å²) in [5.74, 6) is -0.0543. The Kier molecular flexibility index (Phi) is 6.24. The highest BCUT2D eigenvalue weighted by atomic mass is 35.5. The first-order valence-corrected chi connectivity index (χ1v) is 9.01. The molecule has 142 valence electrons. The lowest BCUT2D eigenvalue weighted by molar-refractivity contribution is -0.114. The molecule has 0 unspecified atom stereocenters. The van der Waals surface area contributed by atoms with Crippen LogP contribution in [0.2, 0.25) is 5.02 Å². The Morgan fingerprint density at radius 3 is 2.50 bits per heavy atom. The number of aromatic nitrogens is 1. The molecular formula is C21H19ClN4O2. The van der Waals surface area contributed by atoms with E-state index in [1.165, 1.54) is 6.20 Å². The predicted molar refractivity (Wildman–Crippen MR) is 112 cm³/mol. The standard InChI is InChI=1S/C21H19ClN4O2/c1-14-7-8-15(21(28)25-17-5-3-2-4-6-17)11-18(14)23-13-20(27)26-19-10-9-16(22)12-24-19/h2-12,23H,13H2,1H3,(H,25,28)(H,24,26,27). The van der Waals surface area contributed by atoms with Gasteiger partial charge in [0, 0.05) is 23.1 Å². The molecule has 3 N–H and O–H groups in total. The Morgan fingerprint density at radius 1 is 1.00 bits per heavy atom. The molecule has 0 fully saturated rings. The summed E-state index contributed by atoms with van der Waals surface area (Å²) in [4.78, 5) is 28.6. The largest absolute Gasteiger partial charge is 0.376 e. The molecule has 2 amide bonds. The van der Waals surface area contributed by atoms with E-state index in [0.29, 0.717) is 22.1 Å². The molecule has 3 aromatic rings. The van der Waals surface area contributed by atoms with Crippen LogP contribution in [0.5, 0.6) is 0 Å². The second kappa shape index (κ2) is 9.01. The van der Waals surface area contributed by atoms with Crippen LogP contribution in [0.1, 0.15) is 15.9 Å². The molecule has 0 aliphatic heterocycles. The Morgan fingerprint density at radius 2 is 1.79 bits per heavy atom. The Bertz CT molecular complexity index is 975. The van der Waals surface area contributed by atoms with Gasteiger partial charge >= 0.3 is 0 Å². The first kappa shape index (κ1) is 19.4. The second-order valence-electron chi connectivity index (χ2n) is 6.11. The first-order valence-electron chi connectivity index (χ1n) is 8.63. The molecule has 7 heteroatoms. The van der Waals surface area contributed by atoms with Crippen LogP contribution >= 0.6 is 11.6 Å². The third-order valence-corrected chi connectivity index (χ3v) is 4.19. The summed E-state index contributed by atoms with van der Waals surface area (Å²) in [6.07, 6.45) is 1.46. The van der Waals surface area contributed by atoms with Crippen molar-refractivity contribution in [3.8, 4) is 0 Å². The van der Waals surface area contributed by atoms with E-state index in [2.05, 4.69) is 20.9 Å². The van der Waals surface area contributed by atoms with Crippen LogP contribution in [0.4, 0.5) is 17.2 Å². The summed E-state index contributed by atoms with van der Waals surface area (Å²) in [6, 6.07) is 17.8. The van der Waals surface area contributed by atoms with Crippen LogP contribution in [0, 0.1) is 6.92 Å². The van der Waals surface area contributed by atoms with Gasteiger partial charge in [0.25, 0.3) is 5.91 Å². The van der Waals surface area contributed by atoms with Gasteiger partial charge in [-0.1, -0.05) is 35.9 Å². The highest BCUT2D eigenvalue weighted by molar-refractivity contribution is 6.30. The minimum Gasteiger partial charge on any atom is -0.376 e. The van der Waals surface area contributed by atoms with Gasteiger partial charge in [0.15, 0.2) is 0 Å². The van der Waals surface area contributed by atoms with Gasteiger partial charge in [0.05, 0.1) is 11.6 Å².